The minimum absolute atomic E-state index is 0.0555. The summed E-state index contributed by atoms with van der Waals surface area (Å²) < 4.78 is 5.16. The molecule has 0 aromatic rings. The Kier molecular flexibility index (Phi) is 8.55. The van der Waals surface area contributed by atoms with Crippen LogP contribution in [-0.2, 0) is 9.53 Å². The summed E-state index contributed by atoms with van der Waals surface area (Å²) in [5.41, 5.74) is 0. The van der Waals surface area contributed by atoms with Crippen LogP contribution in [0.3, 0.4) is 0 Å². The highest BCUT2D eigenvalue weighted by Crippen LogP contribution is 2.19. The second kappa shape index (κ2) is 10.0. The van der Waals surface area contributed by atoms with Crippen molar-refractivity contribution in [3.63, 3.8) is 0 Å². The summed E-state index contributed by atoms with van der Waals surface area (Å²) in [5.74, 6) is -0.0555. The lowest BCUT2D eigenvalue weighted by Crippen LogP contribution is -2.07. The van der Waals surface area contributed by atoms with Crippen LogP contribution in [0.2, 0.25) is 0 Å². The number of aliphatic hydroxyl groups excluding tert-OH is 1. The molecule has 0 aliphatic carbocycles. The maximum absolute atomic E-state index is 10.9. The van der Waals surface area contributed by atoms with Crippen molar-refractivity contribution < 1.29 is 14.6 Å². The minimum atomic E-state index is -0.312. The van der Waals surface area contributed by atoms with Gasteiger partial charge in [0, 0.05) is 6.42 Å². The van der Waals surface area contributed by atoms with Crippen LogP contribution in [-0.4, -0.2) is 23.3 Å². The second-order valence-corrected chi connectivity index (χ2v) is 5.43. The van der Waals surface area contributed by atoms with Crippen LogP contribution < -0.4 is 0 Å². The lowest BCUT2D eigenvalue weighted by molar-refractivity contribution is -0.141. The molecule has 1 saturated heterocycles. The number of rotatable bonds is 10. The second-order valence-electron chi connectivity index (χ2n) is 5.43. The van der Waals surface area contributed by atoms with Gasteiger partial charge in [-0.2, -0.15) is 0 Å². The number of esters is 1. The zero-order valence-electron chi connectivity index (χ0n) is 12.1. The Bertz CT molecular complexity index is 273. The molecule has 3 heteroatoms. The first-order valence-corrected chi connectivity index (χ1v) is 7.76. The number of aliphatic hydroxyl groups is 1. The molecule has 0 radical (unpaired) electrons. The molecular formula is C16H28O3. The predicted molar refractivity (Wildman–Crippen MR) is 76.9 cm³/mol. The lowest BCUT2D eigenvalue weighted by Gasteiger charge is -2.09. The Labute approximate surface area is 117 Å². The van der Waals surface area contributed by atoms with E-state index in [4.69, 9.17) is 4.74 Å². The van der Waals surface area contributed by atoms with Crippen LogP contribution in [0.15, 0.2) is 12.2 Å². The Morgan fingerprint density at radius 3 is 2.89 bits per heavy atom. The van der Waals surface area contributed by atoms with Gasteiger partial charge in [0.25, 0.3) is 0 Å². The van der Waals surface area contributed by atoms with E-state index in [1.165, 1.54) is 19.3 Å². The molecule has 0 unspecified atom stereocenters. The summed E-state index contributed by atoms with van der Waals surface area (Å²) >= 11 is 0. The molecule has 0 saturated carbocycles. The van der Waals surface area contributed by atoms with Gasteiger partial charge in [-0.15, -0.1) is 0 Å². The van der Waals surface area contributed by atoms with E-state index in [0.717, 1.165) is 38.5 Å². The van der Waals surface area contributed by atoms with E-state index in [2.05, 4.69) is 13.0 Å². The van der Waals surface area contributed by atoms with Gasteiger partial charge in [-0.1, -0.05) is 38.3 Å². The molecule has 3 nitrogen and oxygen atoms in total. The van der Waals surface area contributed by atoms with E-state index in [1.54, 1.807) is 0 Å². The molecule has 0 amide bonds. The van der Waals surface area contributed by atoms with Crippen molar-refractivity contribution in [2.75, 3.05) is 0 Å². The molecule has 0 bridgehead atoms. The lowest BCUT2D eigenvalue weighted by atomic mass is 10.1. The quantitative estimate of drug-likeness (QED) is 0.373. The Hall–Kier alpha value is -0.830. The zero-order valence-corrected chi connectivity index (χ0v) is 12.1. The first-order valence-electron chi connectivity index (χ1n) is 7.76. The monoisotopic (exact) mass is 268 g/mol. The summed E-state index contributed by atoms with van der Waals surface area (Å²) in [6.45, 7) is 2.19. The highest BCUT2D eigenvalue weighted by molar-refractivity contribution is 5.71. The number of ether oxygens (including phenoxy) is 1. The number of unbranched alkanes of at least 4 members (excludes halogenated alkanes) is 4. The van der Waals surface area contributed by atoms with Crippen LogP contribution in [0, 0.1) is 0 Å². The number of carbonyl (C=O) groups is 1. The van der Waals surface area contributed by atoms with Crippen LogP contribution in [0.25, 0.3) is 0 Å². The molecule has 1 heterocycles. The number of hydrogen-bond donors (Lipinski definition) is 1. The van der Waals surface area contributed by atoms with Crippen molar-refractivity contribution in [3.8, 4) is 0 Å². The molecule has 2 atom stereocenters. The molecule has 1 aliphatic rings. The predicted octanol–water partition coefficient (Wildman–Crippen LogP) is 3.75. The SMILES string of the molecule is CCCCC/C=C/[C@@H](O)CCCC[C@H]1CCC(=O)O1. The standard InChI is InChI=1S/C16H28O3/c1-2-3-4-5-6-9-14(17)10-7-8-11-15-12-13-16(18)19-15/h6,9,14-15,17H,2-5,7-8,10-13H2,1H3/b9-6+/t14-,15+/m1/s1. The molecule has 0 aromatic heterocycles. The average Bonchev–Trinajstić information content (AvgIpc) is 2.80. The normalized spacial score (nSPS) is 20.9. The first-order chi connectivity index (χ1) is 9.22. The fourth-order valence-electron chi connectivity index (χ4n) is 2.37. The molecule has 1 rings (SSSR count). The van der Waals surface area contributed by atoms with E-state index in [-0.39, 0.29) is 18.2 Å². The highest BCUT2D eigenvalue weighted by Gasteiger charge is 2.22. The molecule has 1 N–H and O–H groups in total. The summed E-state index contributed by atoms with van der Waals surface area (Å²) in [4.78, 5) is 10.9. The van der Waals surface area contributed by atoms with E-state index in [9.17, 15) is 9.90 Å². The van der Waals surface area contributed by atoms with Crippen molar-refractivity contribution >= 4 is 5.97 Å². The van der Waals surface area contributed by atoms with Crippen LogP contribution in [0.4, 0.5) is 0 Å². The number of cyclic esters (lactones) is 1. The molecule has 0 aromatic carbocycles. The van der Waals surface area contributed by atoms with Gasteiger partial charge in [0.15, 0.2) is 0 Å². The van der Waals surface area contributed by atoms with Crippen LogP contribution in [0.5, 0.6) is 0 Å². The van der Waals surface area contributed by atoms with E-state index >= 15 is 0 Å². The third-order valence-electron chi connectivity index (χ3n) is 3.58. The molecule has 110 valence electrons. The van der Waals surface area contributed by atoms with Gasteiger partial charge in [0.05, 0.1) is 6.10 Å². The Balaban J connectivity index is 1.94. The fraction of sp³-hybridized carbons (Fsp3) is 0.812. The Morgan fingerprint density at radius 2 is 2.21 bits per heavy atom. The smallest absolute Gasteiger partial charge is 0.306 e. The average molecular weight is 268 g/mol. The van der Waals surface area contributed by atoms with Gasteiger partial charge in [-0.3, -0.25) is 4.79 Å². The van der Waals surface area contributed by atoms with Crippen LogP contribution in [0.1, 0.15) is 71.1 Å². The van der Waals surface area contributed by atoms with Gasteiger partial charge in [0.2, 0.25) is 0 Å². The fourth-order valence-corrected chi connectivity index (χ4v) is 2.37. The van der Waals surface area contributed by atoms with Gasteiger partial charge < -0.3 is 9.84 Å². The largest absolute Gasteiger partial charge is 0.462 e. The summed E-state index contributed by atoms with van der Waals surface area (Å²) in [7, 11) is 0. The summed E-state index contributed by atoms with van der Waals surface area (Å²) in [5, 5.41) is 9.77. The molecule has 19 heavy (non-hydrogen) atoms. The zero-order chi connectivity index (χ0) is 13.9. The molecule has 1 aliphatic heterocycles. The van der Waals surface area contributed by atoms with E-state index < -0.39 is 0 Å². The summed E-state index contributed by atoms with van der Waals surface area (Å²) in [6, 6.07) is 0. The highest BCUT2D eigenvalue weighted by atomic mass is 16.5. The minimum Gasteiger partial charge on any atom is -0.462 e. The van der Waals surface area contributed by atoms with Crippen LogP contribution >= 0.6 is 0 Å². The number of hydrogen-bond acceptors (Lipinski definition) is 3. The maximum Gasteiger partial charge on any atom is 0.306 e. The Morgan fingerprint density at radius 1 is 1.37 bits per heavy atom. The van der Waals surface area contributed by atoms with Gasteiger partial charge >= 0.3 is 5.97 Å². The van der Waals surface area contributed by atoms with Gasteiger partial charge in [0.1, 0.15) is 6.10 Å². The van der Waals surface area contributed by atoms with Crippen molar-refractivity contribution in [3.05, 3.63) is 12.2 Å². The third kappa shape index (κ3) is 8.04. The van der Waals surface area contributed by atoms with Crippen molar-refractivity contribution in [2.45, 2.75) is 83.3 Å². The number of carbonyl (C=O) groups excluding carboxylic acids is 1. The number of allylic oxidation sites excluding steroid dienone is 1. The maximum atomic E-state index is 10.9. The van der Waals surface area contributed by atoms with Gasteiger partial charge in [-0.05, 0) is 38.5 Å². The third-order valence-corrected chi connectivity index (χ3v) is 3.58. The van der Waals surface area contributed by atoms with Crippen molar-refractivity contribution in [1.82, 2.24) is 0 Å². The van der Waals surface area contributed by atoms with E-state index in [1.807, 2.05) is 6.08 Å². The summed E-state index contributed by atoms with van der Waals surface area (Å²) in [6.07, 6.45) is 13.9. The van der Waals surface area contributed by atoms with Crippen molar-refractivity contribution in [2.24, 2.45) is 0 Å². The van der Waals surface area contributed by atoms with Crippen molar-refractivity contribution in [1.29, 1.82) is 0 Å². The first kappa shape index (κ1) is 16.2. The van der Waals surface area contributed by atoms with Gasteiger partial charge in [-0.25, -0.2) is 0 Å². The van der Waals surface area contributed by atoms with E-state index in [0.29, 0.717) is 6.42 Å². The molecule has 1 fully saturated rings. The molecular weight excluding hydrogens is 240 g/mol. The topological polar surface area (TPSA) is 46.5 Å². The molecule has 0 spiro atoms.